The zero-order valence-corrected chi connectivity index (χ0v) is 14.5. The lowest BCUT2D eigenvalue weighted by Crippen LogP contribution is -2.29. The second kappa shape index (κ2) is 9.42. The molecule has 2 amide bonds. The molecule has 2 rings (SSSR count). The van der Waals surface area contributed by atoms with E-state index in [1.165, 1.54) is 12.5 Å². The van der Waals surface area contributed by atoms with Crippen LogP contribution < -0.4 is 11.1 Å². The van der Waals surface area contributed by atoms with Gasteiger partial charge in [0.25, 0.3) is 0 Å². The number of likely N-dealkylation sites (tertiary alicyclic amines) is 1. The zero-order chi connectivity index (χ0) is 17.4. The van der Waals surface area contributed by atoms with E-state index in [9.17, 15) is 9.59 Å². The van der Waals surface area contributed by atoms with E-state index in [1.54, 1.807) is 0 Å². The minimum Gasteiger partial charge on any atom is -0.356 e. The van der Waals surface area contributed by atoms with Crippen LogP contribution in [0.3, 0.4) is 0 Å². The number of carbonyl (C=O) groups excluding carboxylic acids is 2. The van der Waals surface area contributed by atoms with Crippen molar-refractivity contribution in [1.82, 2.24) is 10.2 Å². The van der Waals surface area contributed by atoms with Crippen LogP contribution in [0.5, 0.6) is 0 Å². The van der Waals surface area contributed by atoms with Crippen molar-refractivity contribution in [2.24, 2.45) is 11.7 Å². The van der Waals surface area contributed by atoms with Crippen LogP contribution in [0.4, 0.5) is 0 Å². The van der Waals surface area contributed by atoms with Gasteiger partial charge in [0.05, 0.1) is 0 Å². The highest BCUT2D eigenvalue weighted by atomic mass is 16.2. The van der Waals surface area contributed by atoms with E-state index in [0.717, 1.165) is 32.4 Å². The van der Waals surface area contributed by atoms with E-state index in [-0.39, 0.29) is 11.8 Å². The molecule has 0 aliphatic carbocycles. The van der Waals surface area contributed by atoms with E-state index >= 15 is 0 Å². The average molecular weight is 331 g/mol. The first-order chi connectivity index (χ1) is 11.6. The summed E-state index contributed by atoms with van der Waals surface area (Å²) in [5.74, 6) is 0.922. The molecule has 1 fully saturated rings. The number of rotatable bonds is 8. The highest BCUT2D eigenvalue weighted by Crippen LogP contribution is 2.32. The Morgan fingerprint density at radius 2 is 1.92 bits per heavy atom. The maximum atomic E-state index is 12.4. The van der Waals surface area contributed by atoms with Gasteiger partial charge in [-0.3, -0.25) is 9.59 Å². The molecule has 5 heteroatoms. The molecule has 0 aromatic heterocycles. The number of amides is 2. The van der Waals surface area contributed by atoms with Gasteiger partial charge in [0.1, 0.15) is 0 Å². The van der Waals surface area contributed by atoms with E-state index in [0.29, 0.717) is 31.3 Å². The molecule has 24 heavy (non-hydrogen) atoms. The van der Waals surface area contributed by atoms with Crippen molar-refractivity contribution in [3.8, 4) is 0 Å². The van der Waals surface area contributed by atoms with Gasteiger partial charge in [-0.05, 0) is 30.9 Å². The summed E-state index contributed by atoms with van der Waals surface area (Å²) in [6, 6.07) is 10.4. The summed E-state index contributed by atoms with van der Waals surface area (Å²) in [5, 5.41) is 2.78. The second-order valence-corrected chi connectivity index (χ2v) is 6.61. The van der Waals surface area contributed by atoms with E-state index in [2.05, 4.69) is 17.4 Å². The summed E-state index contributed by atoms with van der Waals surface area (Å²) in [6.45, 7) is 4.37. The van der Waals surface area contributed by atoms with Crippen molar-refractivity contribution in [3.05, 3.63) is 35.9 Å². The Balaban J connectivity index is 1.76. The highest BCUT2D eigenvalue weighted by molar-refractivity contribution is 5.76. The van der Waals surface area contributed by atoms with Gasteiger partial charge >= 0.3 is 0 Å². The molecule has 0 saturated carbocycles. The maximum absolute atomic E-state index is 12.4. The number of nitrogens with one attached hydrogen (secondary N) is 1. The minimum absolute atomic E-state index is 0.00271. The van der Waals surface area contributed by atoms with Gasteiger partial charge in [0.2, 0.25) is 11.8 Å². The lowest BCUT2D eigenvalue weighted by molar-refractivity contribution is -0.130. The fraction of sp³-hybridized carbons (Fsp3) is 0.579. The van der Waals surface area contributed by atoms with Crippen molar-refractivity contribution in [3.63, 3.8) is 0 Å². The molecule has 0 bridgehead atoms. The molecule has 0 radical (unpaired) electrons. The summed E-state index contributed by atoms with van der Waals surface area (Å²) in [5.41, 5.74) is 7.21. The van der Waals surface area contributed by atoms with Crippen LogP contribution in [0, 0.1) is 5.92 Å². The van der Waals surface area contributed by atoms with Gasteiger partial charge in [0, 0.05) is 38.9 Å². The first-order valence-corrected chi connectivity index (χ1v) is 8.89. The van der Waals surface area contributed by atoms with Gasteiger partial charge in [-0.15, -0.1) is 0 Å². The van der Waals surface area contributed by atoms with E-state index in [4.69, 9.17) is 5.73 Å². The number of nitrogens with zero attached hydrogens (tertiary/aromatic N) is 1. The van der Waals surface area contributed by atoms with Gasteiger partial charge in [-0.1, -0.05) is 36.8 Å². The van der Waals surface area contributed by atoms with Crippen LogP contribution in [0.2, 0.25) is 0 Å². The van der Waals surface area contributed by atoms with E-state index in [1.807, 2.05) is 23.1 Å². The summed E-state index contributed by atoms with van der Waals surface area (Å²) < 4.78 is 0. The van der Waals surface area contributed by atoms with Crippen LogP contribution in [-0.2, 0) is 9.59 Å². The largest absolute Gasteiger partial charge is 0.356 e. The van der Waals surface area contributed by atoms with Gasteiger partial charge in [-0.25, -0.2) is 0 Å². The molecular formula is C19H29N3O2. The number of nitrogens with two attached hydrogens (primary N) is 1. The van der Waals surface area contributed by atoms with Crippen LogP contribution in [-0.4, -0.2) is 42.9 Å². The normalized spacial score (nSPS) is 20.2. The number of hydrogen-bond acceptors (Lipinski definition) is 3. The average Bonchev–Trinajstić information content (AvgIpc) is 3.03. The minimum atomic E-state index is 0.00271. The molecule has 1 saturated heterocycles. The number of unbranched alkanes of at least 4 members (excludes halogenated alkanes) is 2. The molecule has 132 valence electrons. The maximum Gasteiger partial charge on any atom is 0.222 e. The first kappa shape index (κ1) is 18.5. The van der Waals surface area contributed by atoms with E-state index < -0.39 is 0 Å². The van der Waals surface area contributed by atoms with Crippen molar-refractivity contribution in [2.45, 2.75) is 38.5 Å². The Morgan fingerprint density at radius 3 is 2.58 bits per heavy atom. The third kappa shape index (κ3) is 5.34. The van der Waals surface area contributed by atoms with Crippen molar-refractivity contribution >= 4 is 11.8 Å². The molecule has 1 aliphatic rings. The number of carbonyl (C=O) groups is 2. The monoisotopic (exact) mass is 331 g/mol. The van der Waals surface area contributed by atoms with Crippen molar-refractivity contribution in [1.29, 1.82) is 0 Å². The smallest absolute Gasteiger partial charge is 0.222 e. The lowest BCUT2D eigenvalue weighted by Gasteiger charge is -2.17. The molecule has 1 aromatic carbocycles. The summed E-state index contributed by atoms with van der Waals surface area (Å²) in [6.07, 6.45) is 3.34. The molecule has 0 spiro atoms. The van der Waals surface area contributed by atoms with Crippen molar-refractivity contribution < 1.29 is 9.59 Å². The summed E-state index contributed by atoms with van der Waals surface area (Å²) >= 11 is 0. The predicted molar refractivity (Wildman–Crippen MR) is 95.5 cm³/mol. The first-order valence-electron chi connectivity index (χ1n) is 8.89. The fourth-order valence-corrected chi connectivity index (χ4v) is 3.39. The van der Waals surface area contributed by atoms with Gasteiger partial charge < -0.3 is 16.0 Å². The summed E-state index contributed by atoms with van der Waals surface area (Å²) in [4.78, 5) is 25.2. The molecule has 2 atom stereocenters. The molecule has 1 aromatic rings. The standard InChI is InChI=1S/C19H29N3O2/c1-15(23)21-11-7-3-6-10-19(24)22-13-17(12-20)18(14-22)16-8-4-2-5-9-16/h2,4-5,8-9,17-18H,3,6-7,10-14,20H2,1H3,(H,21,23)/t17-,18+/m1/s1. The Bertz CT molecular complexity index is 533. The van der Waals surface area contributed by atoms with Gasteiger partial charge in [-0.2, -0.15) is 0 Å². The van der Waals surface area contributed by atoms with Crippen LogP contribution >= 0.6 is 0 Å². The van der Waals surface area contributed by atoms with Crippen LogP contribution in [0.1, 0.15) is 44.1 Å². The number of benzene rings is 1. The quantitative estimate of drug-likeness (QED) is 0.714. The lowest BCUT2D eigenvalue weighted by atomic mass is 9.89. The third-order valence-corrected chi connectivity index (χ3v) is 4.77. The molecule has 3 N–H and O–H groups in total. The predicted octanol–water partition coefficient (Wildman–Crippen LogP) is 1.88. The highest BCUT2D eigenvalue weighted by Gasteiger charge is 2.34. The Hall–Kier alpha value is -1.88. The Kier molecular flexibility index (Phi) is 7.25. The fourth-order valence-electron chi connectivity index (χ4n) is 3.39. The Morgan fingerprint density at radius 1 is 1.17 bits per heavy atom. The molecule has 1 heterocycles. The molecule has 1 aliphatic heterocycles. The second-order valence-electron chi connectivity index (χ2n) is 6.61. The van der Waals surface area contributed by atoms with Crippen LogP contribution in [0.15, 0.2) is 30.3 Å². The zero-order valence-electron chi connectivity index (χ0n) is 14.5. The SMILES string of the molecule is CC(=O)NCCCCCC(=O)N1C[C@@H](CN)[C@H](c2ccccc2)C1. The topological polar surface area (TPSA) is 75.4 Å². The molecule has 5 nitrogen and oxygen atoms in total. The summed E-state index contributed by atoms with van der Waals surface area (Å²) in [7, 11) is 0. The van der Waals surface area contributed by atoms with Crippen LogP contribution in [0.25, 0.3) is 0 Å². The Labute approximate surface area is 144 Å². The molecule has 0 unspecified atom stereocenters. The van der Waals surface area contributed by atoms with Gasteiger partial charge in [0.15, 0.2) is 0 Å². The molecular weight excluding hydrogens is 302 g/mol. The number of hydrogen-bond donors (Lipinski definition) is 2. The third-order valence-electron chi connectivity index (χ3n) is 4.77. The van der Waals surface area contributed by atoms with Crippen molar-refractivity contribution in [2.75, 3.05) is 26.2 Å².